The van der Waals surface area contributed by atoms with Gasteiger partial charge in [0.15, 0.2) is 37.2 Å². The number of carbonyl (C=O) groups excluding carboxylic acids is 3. The fraction of sp³-hybridized carbons (Fsp3) is 0.855. The fourth-order valence-corrected chi connectivity index (χ4v) is 12.9. The van der Waals surface area contributed by atoms with Crippen molar-refractivity contribution in [1.82, 2.24) is 0 Å². The second kappa shape index (κ2) is 30.3. The third kappa shape index (κ3) is 16.9. The Morgan fingerprint density at radius 1 is 0.518 bits per heavy atom. The summed E-state index contributed by atoms with van der Waals surface area (Å²) in [5.74, 6) is -6.53. The zero-order chi connectivity index (χ0) is 61.6. The van der Waals surface area contributed by atoms with Crippen molar-refractivity contribution in [3.05, 3.63) is 24.3 Å². The number of rotatable bonds is 20. The van der Waals surface area contributed by atoms with Gasteiger partial charge in [-0.2, -0.15) is 0 Å². The molecular weight excluding hydrogens is 1140 g/mol. The number of allylic oxidation sites excluding steroid dienone is 2. The first kappa shape index (κ1) is 67.4. The van der Waals surface area contributed by atoms with E-state index in [1.807, 2.05) is 0 Å². The van der Waals surface area contributed by atoms with E-state index in [4.69, 9.17) is 61.9 Å². The maximum Gasteiger partial charge on any atom is 0.330 e. The van der Waals surface area contributed by atoms with E-state index in [1.54, 1.807) is 0 Å². The minimum atomic E-state index is -2.04. The number of hydrogen-bond donors (Lipinski definition) is 14. The molecule has 4 saturated carbocycles. The lowest BCUT2D eigenvalue weighted by Gasteiger charge is -2.50. The van der Waals surface area contributed by atoms with Crippen LogP contribution in [0, 0.1) is 23.7 Å². The molecule has 8 fully saturated rings. The number of carbonyl (C=O) groups is 4. The van der Waals surface area contributed by atoms with E-state index in [9.17, 15) is 85.6 Å². The second-order valence-corrected chi connectivity index (χ2v) is 23.7. The van der Waals surface area contributed by atoms with E-state index >= 15 is 0 Å². The highest BCUT2D eigenvalue weighted by Crippen LogP contribution is 2.45. The molecule has 484 valence electrons. The molecule has 30 heteroatoms. The molecule has 0 amide bonds. The summed E-state index contributed by atoms with van der Waals surface area (Å²) in [6, 6.07) is 0. The van der Waals surface area contributed by atoms with Crippen LogP contribution in [0.4, 0.5) is 0 Å². The molecule has 0 aromatic carbocycles. The molecule has 4 aliphatic heterocycles. The normalized spacial score (nSPS) is 46.3. The van der Waals surface area contributed by atoms with Crippen molar-refractivity contribution < 1.29 is 148 Å². The summed E-state index contributed by atoms with van der Waals surface area (Å²) in [4.78, 5) is 49.9. The molecule has 28 atom stereocenters. The number of hydrogen-bond acceptors (Lipinski definition) is 28. The molecule has 4 aliphatic carbocycles. The second-order valence-electron chi connectivity index (χ2n) is 23.7. The predicted octanol–water partition coefficient (Wildman–Crippen LogP) is -5.66. The monoisotopic (exact) mass is 1230 g/mol. The van der Waals surface area contributed by atoms with Gasteiger partial charge in [0.1, 0.15) is 92.9 Å². The SMILES string of the molecule is COC1CC(C=CC(=O)OC2C(OC3C(OC4CC5C(OC6OC(COC(=O)CC(=O)O)C(O)C(O)C6O)CC(O)CC5[OH+]C4C4CCC(O)C(O)C4)OC(COC(=O)C=CC4CCC(O)C(O)C4)C(O)C3O)OCC(O)C2O)CC(OC)C1O. The zero-order valence-corrected chi connectivity index (χ0v) is 47.1. The number of esters is 3. The van der Waals surface area contributed by atoms with Gasteiger partial charge in [0, 0.05) is 45.1 Å². The predicted molar refractivity (Wildman–Crippen MR) is 278 cm³/mol. The van der Waals surface area contributed by atoms with Crippen molar-refractivity contribution in [2.45, 2.75) is 236 Å². The zero-order valence-electron chi connectivity index (χ0n) is 47.1. The Morgan fingerprint density at radius 3 is 1.79 bits per heavy atom. The lowest BCUT2D eigenvalue weighted by molar-refractivity contribution is -0.385. The Kier molecular flexibility index (Phi) is 24.1. The third-order valence-corrected chi connectivity index (χ3v) is 17.8. The Balaban J connectivity index is 1.06. The molecule has 0 spiro atoms. The smallest absolute Gasteiger partial charge is 0.330 e. The van der Waals surface area contributed by atoms with E-state index in [-0.39, 0.29) is 50.4 Å². The van der Waals surface area contributed by atoms with Gasteiger partial charge in [0.05, 0.1) is 61.4 Å². The van der Waals surface area contributed by atoms with Gasteiger partial charge in [0.2, 0.25) is 0 Å². The summed E-state index contributed by atoms with van der Waals surface area (Å²) >= 11 is 0. The molecule has 28 unspecified atom stereocenters. The van der Waals surface area contributed by atoms with Crippen LogP contribution in [0.2, 0.25) is 0 Å². The van der Waals surface area contributed by atoms with Gasteiger partial charge in [-0.25, -0.2) is 9.59 Å². The highest BCUT2D eigenvalue weighted by molar-refractivity contribution is 5.90. The Bertz CT molecular complexity index is 2230. The molecule has 4 saturated heterocycles. The van der Waals surface area contributed by atoms with Crippen LogP contribution in [0.5, 0.6) is 0 Å². The van der Waals surface area contributed by atoms with Crippen molar-refractivity contribution in [1.29, 1.82) is 0 Å². The first-order valence-electron chi connectivity index (χ1n) is 29.0. The van der Waals surface area contributed by atoms with Crippen LogP contribution in [0.1, 0.15) is 77.0 Å². The molecular formula is C55H85O30+. The highest BCUT2D eigenvalue weighted by atomic mass is 16.8. The molecule has 30 nitrogen and oxygen atoms in total. The number of aliphatic hydroxyl groups is 15. The first-order chi connectivity index (χ1) is 40.4. The molecule has 0 aromatic rings. The third-order valence-electron chi connectivity index (χ3n) is 17.8. The fourth-order valence-electron chi connectivity index (χ4n) is 12.9. The van der Waals surface area contributed by atoms with Gasteiger partial charge in [-0.3, -0.25) is 9.59 Å². The summed E-state index contributed by atoms with van der Waals surface area (Å²) < 4.78 is 69.6. The van der Waals surface area contributed by atoms with Crippen LogP contribution >= 0.6 is 0 Å². The summed E-state index contributed by atoms with van der Waals surface area (Å²) in [5.41, 5.74) is 0. The topological polar surface area (TPSA) is 466 Å². The number of methoxy groups -OCH3 is 2. The minimum Gasteiger partial charge on any atom is -0.481 e. The largest absolute Gasteiger partial charge is 0.481 e. The molecule has 0 bridgehead atoms. The van der Waals surface area contributed by atoms with Crippen molar-refractivity contribution in [2.75, 3.05) is 34.0 Å². The lowest BCUT2D eigenvalue weighted by Crippen LogP contribution is -2.66. The Morgan fingerprint density at radius 2 is 1.13 bits per heavy atom. The van der Waals surface area contributed by atoms with Gasteiger partial charge in [-0.1, -0.05) is 12.2 Å². The van der Waals surface area contributed by atoms with E-state index in [2.05, 4.69) is 0 Å². The van der Waals surface area contributed by atoms with Gasteiger partial charge in [0.25, 0.3) is 0 Å². The number of carboxylic acids is 1. The van der Waals surface area contributed by atoms with Crippen LogP contribution < -0.4 is 0 Å². The Labute approximate surface area is 488 Å². The van der Waals surface area contributed by atoms with E-state index < -0.39 is 221 Å². The maximum absolute atomic E-state index is 13.6. The standard InChI is InChI=1S/C55H84O30/c1-74-34-12-23(13-35(75-2)44(34)68)5-10-41(65)84-51-43(67)31(61)19-78-54(51)85-52-48(72)46(70)38(20-76-40(64)9-4-22-3-7-27(57)29(59)11-22)83-55(52)81-36-17-26-32(79-50(36)24-6-8-28(58)30(60)14-24)15-25(56)16-33(26)80-53-49(73)47(71)45(69)37(82-53)21-77-42(66)18-39(62)63/h4-5,9-10,22-38,43-61,67-73H,3,6-8,11-21H2,1-2H3,(H,62,63)/p+1. The molecule has 4 heterocycles. The number of carboxylic acid groups (broad SMARTS) is 1. The average Bonchev–Trinajstić information content (AvgIpc) is 2.27. The van der Waals surface area contributed by atoms with Gasteiger partial charge >= 0.3 is 23.9 Å². The van der Waals surface area contributed by atoms with Crippen LogP contribution in [-0.2, 0) is 71.3 Å². The van der Waals surface area contributed by atoms with E-state index in [1.165, 1.54) is 26.4 Å². The number of aliphatic carboxylic acids is 1. The number of aliphatic hydroxyl groups excluding tert-OH is 13. The summed E-state index contributed by atoms with van der Waals surface area (Å²) in [5, 5.41) is 152. The minimum absolute atomic E-state index is 0.00927. The number of fused-ring (bicyclic) bond motifs is 1. The quantitative estimate of drug-likeness (QED) is 0.0178. The summed E-state index contributed by atoms with van der Waals surface area (Å²) in [6.45, 7) is -2.06. The van der Waals surface area contributed by atoms with Crippen molar-refractivity contribution in [3.63, 3.8) is 0 Å². The van der Waals surface area contributed by atoms with E-state index in [0.29, 0.717) is 32.1 Å². The van der Waals surface area contributed by atoms with Crippen LogP contribution in [0.25, 0.3) is 0 Å². The number of ether oxygens (including phenoxy) is 12. The molecule has 0 radical (unpaired) electrons. The van der Waals surface area contributed by atoms with Crippen molar-refractivity contribution in [3.8, 4) is 0 Å². The highest BCUT2D eigenvalue weighted by Gasteiger charge is 2.58. The molecule has 85 heavy (non-hydrogen) atoms. The molecule has 8 aliphatic rings. The van der Waals surface area contributed by atoms with Crippen molar-refractivity contribution >= 4 is 23.9 Å². The average molecular weight is 1230 g/mol. The lowest BCUT2D eigenvalue weighted by atomic mass is 9.72. The molecule has 15 N–H and O–H groups in total. The Hall–Kier alpha value is -3.52. The van der Waals surface area contributed by atoms with Crippen LogP contribution in [0.15, 0.2) is 24.3 Å². The molecule has 8 rings (SSSR count). The summed E-state index contributed by atoms with van der Waals surface area (Å²) in [7, 11) is 2.85. The maximum atomic E-state index is 13.6. The van der Waals surface area contributed by atoms with E-state index in [0.717, 1.165) is 12.2 Å². The molecule has 0 aromatic heterocycles. The van der Waals surface area contributed by atoms with Crippen LogP contribution in [0.3, 0.4) is 0 Å². The van der Waals surface area contributed by atoms with Crippen molar-refractivity contribution in [2.24, 2.45) is 23.7 Å². The first-order valence-corrected chi connectivity index (χ1v) is 29.0. The van der Waals surface area contributed by atoms with Gasteiger partial charge < -0.3 is 128 Å². The van der Waals surface area contributed by atoms with Gasteiger partial charge in [-0.05, 0) is 69.6 Å². The van der Waals surface area contributed by atoms with Crippen LogP contribution in [-0.4, -0.2) is 293 Å². The van der Waals surface area contributed by atoms with Gasteiger partial charge in [-0.15, -0.1) is 0 Å². The summed E-state index contributed by atoms with van der Waals surface area (Å²) in [6.07, 6.45) is -30.7.